The van der Waals surface area contributed by atoms with Crippen molar-refractivity contribution in [3.63, 3.8) is 0 Å². The number of aromatic nitrogens is 4. The first-order valence-electron chi connectivity index (χ1n) is 7.39. The standard InChI is InChI=1S/C16H12BrN7S/c17-9-5-7-10(8-6-9)18-16(25)24-23-15-20-14-13(21-22-15)11-3-1-2-4-12(11)19-14/h1-8H,(H2,18,24,25)(H2,19,20,22,23). The highest BCUT2D eigenvalue weighted by atomic mass is 79.9. The lowest BCUT2D eigenvalue weighted by molar-refractivity contribution is 0.972. The second kappa shape index (κ2) is 6.61. The zero-order valence-electron chi connectivity index (χ0n) is 12.7. The van der Waals surface area contributed by atoms with E-state index < -0.39 is 0 Å². The molecule has 25 heavy (non-hydrogen) atoms. The van der Waals surface area contributed by atoms with Gasteiger partial charge >= 0.3 is 0 Å². The van der Waals surface area contributed by atoms with Gasteiger partial charge in [0.25, 0.3) is 5.95 Å². The maximum Gasteiger partial charge on any atom is 0.263 e. The van der Waals surface area contributed by atoms with E-state index in [2.05, 4.69) is 52.3 Å². The monoisotopic (exact) mass is 413 g/mol. The molecule has 0 fully saturated rings. The Bertz CT molecular complexity index is 1060. The molecule has 0 radical (unpaired) electrons. The van der Waals surface area contributed by atoms with Crippen molar-refractivity contribution in [3.8, 4) is 0 Å². The molecule has 2 aromatic heterocycles. The van der Waals surface area contributed by atoms with Crippen LogP contribution in [0.3, 0.4) is 0 Å². The largest absolute Gasteiger partial charge is 0.338 e. The van der Waals surface area contributed by atoms with Crippen molar-refractivity contribution in [2.75, 3.05) is 10.7 Å². The molecular formula is C16H12BrN7S. The van der Waals surface area contributed by atoms with Gasteiger partial charge in [-0.05, 0) is 42.5 Å². The molecule has 7 nitrogen and oxygen atoms in total. The van der Waals surface area contributed by atoms with E-state index in [1.807, 2.05) is 48.5 Å². The minimum absolute atomic E-state index is 0.319. The van der Waals surface area contributed by atoms with Crippen molar-refractivity contribution in [1.82, 2.24) is 25.6 Å². The lowest BCUT2D eigenvalue weighted by atomic mass is 10.2. The van der Waals surface area contributed by atoms with E-state index in [-0.39, 0.29) is 0 Å². The van der Waals surface area contributed by atoms with Crippen LogP contribution in [0.4, 0.5) is 11.6 Å². The van der Waals surface area contributed by atoms with E-state index in [1.165, 1.54) is 0 Å². The van der Waals surface area contributed by atoms with Crippen LogP contribution < -0.4 is 16.2 Å². The summed E-state index contributed by atoms with van der Waals surface area (Å²) in [5.41, 5.74) is 8.92. The second-order valence-corrected chi connectivity index (χ2v) is 6.54. The molecule has 2 heterocycles. The lowest BCUT2D eigenvalue weighted by Gasteiger charge is -2.11. The lowest BCUT2D eigenvalue weighted by Crippen LogP contribution is -2.34. The maximum atomic E-state index is 5.24. The third-order valence-corrected chi connectivity index (χ3v) is 4.24. The van der Waals surface area contributed by atoms with Crippen LogP contribution in [0.25, 0.3) is 22.1 Å². The number of fused-ring (bicyclic) bond motifs is 3. The number of benzene rings is 2. The normalized spacial score (nSPS) is 10.8. The fourth-order valence-corrected chi connectivity index (χ4v) is 2.82. The van der Waals surface area contributed by atoms with Crippen LogP contribution in [0, 0.1) is 0 Å². The highest BCUT2D eigenvalue weighted by Crippen LogP contribution is 2.21. The minimum Gasteiger partial charge on any atom is -0.338 e. The Hall–Kier alpha value is -2.78. The van der Waals surface area contributed by atoms with Crippen LogP contribution >= 0.6 is 28.1 Å². The summed E-state index contributed by atoms with van der Waals surface area (Å²) >= 11 is 8.63. The highest BCUT2D eigenvalue weighted by Gasteiger charge is 2.08. The molecule has 0 aliphatic rings. The van der Waals surface area contributed by atoms with Crippen molar-refractivity contribution >= 4 is 67.0 Å². The van der Waals surface area contributed by atoms with E-state index in [1.54, 1.807) is 0 Å². The van der Waals surface area contributed by atoms with Crippen molar-refractivity contribution in [2.45, 2.75) is 0 Å². The molecule has 4 N–H and O–H groups in total. The number of H-pyrrole nitrogens is 1. The fourth-order valence-electron chi connectivity index (χ4n) is 2.38. The number of halogens is 1. The predicted molar refractivity (Wildman–Crippen MR) is 106 cm³/mol. The Morgan fingerprint density at radius 2 is 1.84 bits per heavy atom. The first-order chi connectivity index (χ1) is 12.2. The van der Waals surface area contributed by atoms with Gasteiger partial charge in [0.2, 0.25) is 0 Å². The van der Waals surface area contributed by atoms with E-state index in [9.17, 15) is 0 Å². The van der Waals surface area contributed by atoms with Crippen LogP contribution in [0.1, 0.15) is 0 Å². The van der Waals surface area contributed by atoms with Gasteiger partial charge in [-0.1, -0.05) is 34.1 Å². The van der Waals surface area contributed by atoms with Crippen molar-refractivity contribution in [2.24, 2.45) is 0 Å². The molecule has 0 aliphatic carbocycles. The number of hydrazine groups is 1. The number of anilines is 2. The Morgan fingerprint density at radius 3 is 2.68 bits per heavy atom. The van der Waals surface area contributed by atoms with E-state index in [0.717, 1.165) is 26.6 Å². The fraction of sp³-hybridized carbons (Fsp3) is 0. The van der Waals surface area contributed by atoms with E-state index >= 15 is 0 Å². The van der Waals surface area contributed by atoms with Gasteiger partial charge in [-0.25, -0.2) is 0 Å². The summed E-state index contributed by atoms with van der Waals surface area (Å²) in [6, 6.07) is 15.5. The maximum absolute atomic E-state index is 5.24. The van der Waals surface area contributed by atoms with Gasteiger partial charge in [0, 0.05) is 21.1 Å². The summed E-state index contributed by atoms with van der Waals surface area (Å²) in [6.07, 6.45) is 0. The first-order valence-corrected chi connectivity index (χ1v) is 8.59. The van der Waals surface area contributed by atoms with Crippen LogP contribution in [0.5, 0.6) is 0 Å². The molecule has 2 aromatic carbocycles. The summed E-state index contributed by atoms with van der Waals surface area (Å²) in [5, 5.41) is 12.7. The van der Waals surface area contributed by atoms with Gasteiger partial charge in [-0.2, -0.15) is 4.98 Å². The zero-order valence-corrected chi connectivity index (χ0v) is 15.1. The van der Waals surface area contributed by atoms with E-state index in [4.69, 9.17) is 12.2 Å². The summed E-state index contributed by atoms with van der Waals surface area (Å²) in [5.74, 6) is 0.319. The van der Waals surface area contributed by atoms with Gasteiger partial charge in [0.1, 0.15) is 5.52 Å². The molecule has 4 aromatic rings. The average Bonchev–Trinajstić information content (AvgIpc) is 3.00. The number of para-hydroxylation sites is 1. The van der Waals surface area contributed by atoms with Gasteiger partial charge in [-0.15, -0.1) is 10.2 Å². The molecule has 0 bridgehead atoms. The molecular weight excluding hydrogens is 402 g/mol. The summed E-state index contributed by atoms with van der Waals surface area (Å²) in [7, 11) is 0. The van der Waals surface area contributed by atoms with Gasteiger partial charge in [-0.3, -0.25) is 10.9 Å². The summed E-state index contributed by atoms with van der Waals surface area (Å²) in [4.78, 5) is 7.62. The summed E-state index contributed by atoms with van der Waals surface area (Å²) in [6.45, 7) is 0. The van der Waals surface area contributed by atoms with Gasteiger partial charge in [0.15, 0.2) is 10.8 Å². The van der Waals surface area contributed by atoms with Crippen LogP contribution in [0.2, 0.25) is 0 Å². The zero-order chi connectivity index (χ0) is 17.2. The third-order valence-electron chi connectivity index (χ3n) is 3.51. The molecule has 0 saturated heterocycles. The van der Waals surface area contributed by atoms with Gasteiger partial charge < -0.3 is 10.3 Å². The van der Waals surface area contributed by atoms with Crippen molar-refractivity contribution < 1.29 is 0 Å². The van der Waals surface area contributed by atoms with Crippen molar-refractivity contribution in [3.05, 3.63) is 53.0 Å². The van der Waals surface area contributed by atoms with Crippen molar-refractivity contribution in [1.29, 1.82) is 0 Å². The number of aromatic amines is 1. The third kappa shape index (κ3) is 3.37. The molecule has 124 valence electrons. The molecule has 0 aliphatic heterocycles. The quantitative estimate of drug-likeness (QED) is 0.301. The van der Waals surface area contributed by atoms with E-state index in [0.29, 0.717) is 16.7 Å². The SMILES string of the molecule is S=C(NNc1nnc2c(n1)[nH]c1ccccc12)Nc1ccc(Br)cc1. The number of hydrogen-bond acceptors (Lipinski definition) is 5. The van der Waals surface area contributed by atoms with Gasteiger partial charge in [0.05, 0.1) is 0 Å². The highest BCUT2D eigenvalue weighted by molar-refractivity contribution is 9.10. The number of hydrogen-bond donors (Lipinski definition) is 4. The Kier molecular flexibility index (Phi) is 4.16. The molecule has 0 atom stereocenters. The Balaban J connectivity index is 1.46. The van der Waals surface area contributed by atoms with Crippen LogP contribution in [-0.4, -0.2) is 25.3 Å². The number of nitrogens with zero attached hydrogens (tertiary/aromatic N) is 3. The minimum atomic E-state index is 0.319. The molecule has 0 saturated carbocycles. The molecule has 0 unspecified atom stereocenters. The topological polar surface area (TPSA) is 90.6 Å². The molecule has 4 rings (SSSR count). The number of rotatable bonds is 3. The Morgan fingerprint density at radius 1 is 1.04 bits per heavy atom. The summed E-state index contributed by atoms with van der Waals surface area (Å²) < 4.78 is 1.00. The average molecular weight is 414 g/mol. The molecule has 0 spiro atoms. The smallest absolute Gasteiger partial charge is 0.263 e. The second-order valence-electron chi connectivity index (χ2n) is 5.21. The first kappa shape index (κ1) is 15.7. The number of nitrogens with one attached hydrogen (secondary N) is 4. The number of thiocarbonyl (C=S) groups is 1. The molecule has 0 amide bonds. The predicted octanol–water partition coefficient (Wildman–Crippen LogP) is 3.58. The van der Waals surface area contributed by atoms with Crippen LogP contribution in [0.15, 0.2) is 53.0 Å². The Labute approximate surface area is 156 Å². The molecule has 9 heteroatoms. The van der Waals surface area contributed by atoms with Crippen LogP contribution in [-0.2, 0) is 0 Å².